The number of amides is 1. The second-order valence-corrected chi connectivity index (χ2v) is 8.84. The number of carbonyl (C=O) groups excluding carboxylic acids is 1. The molecule has 31 heavy (non-hydrogen) atoms. The molecule has 2 aromatic rings. The van der Waals surface area contributed by atoms with Crippen LogP contribution in [0.3, 0.4) is 0 Å². The first-order valence-corrected chi connectivity index (χ1v) is 11.0. The van der Waals surface area contributed by atoms with Crippen LogP contribution in [-0.4, -0.2) is 55.2 Å². The molecule has 0 saturated carbocycles. The highest BCUT2D eigenvalue weighted by molar-refractivity contribution is 7.89. The average molecular weight is 472 g/mol. The molecule has 1 fully saturated rings. The number of pyridine rings is 1. The number of ether oxygens (including phenoxy) is 2. The molecule has 1 aromatic heterocycles. The van der Waals surface area contributed by atoms with Crippen LogP contribution >= 0.6 is 12.4 Å². The zero-order valence-corrected chi connectivity index (χ0v) is 18.6. The summed E-state index contributed by atoms with van der Waals surface area (Å²) in [6.45, 7) is 0.795. The fourth-order valence-electron chi connectivity index (χ4n) is 3.56. The fourth-order valence-corrected chi connectivity index (χ4v) is 5.20. The number of sulfonamides is 1. The number of carbonyl (C=O) groups is 1. The molecular weight excluding hydrogens is 446 g/mol. The lowest BCUT2D eigenvalue weighted by atomic mass is 9.91. The van der Waals surface area contributed by atoms with Crippen molar-refractivity contribution in [2.75, 3.05) is 20.3 Å². The minimum Gasteiger partial charge on any atom is -0.497 e. The first-order valence-electron chi connectivity index (χ1n) is 9.54. The molecule has 1 saturated heterocycles. The number of nitrogens with one attached hydrogen (secondary N) is 1. The molecule has 1 aliphatic rings. The maximum absolute atomic E-state index is 13.6. The van der Waals surface area contributed by atoms with E-state index in [2.05, 4.69) is 4.98 Å². The summed E-state index contributed by atoms with van der Waals surface area (Å²) >= 11 is 0. The van der Waals surface area contributed by atoms with Crippen LogP contribution < -0.4 is 10.2 Å². The first kappa shape index (κ1) is 25.0. The standard InChI is InChI=1S/C20H25N3O6S.ClH/c1-28-17-2-4-18(5-3-17)30(26,27)23(14-15-6-10-21-11-7-15)19(20(24)22-25)16-8-12-29-13-9-16;/h2-7,10-11,16,19,25H,8-9,12-14H2,1H3,(H,22,24);1H/t19-;/m1./s1. The molecule has 1 amide bonds. The highest BCUT2D eigenvalue weighted by Crippen LogP contribution is 2.30. The summed E-state index contributed by atoms with van der Waals surface area (Å²) in [5.74, 6) is -0.558. The summed E-state index contributed by atoms with van der Waals surface area (Å²) in [6.07, 6.45) is 4.12. The van der Waals surface area contributed by atoms with Gasteiger partial charge in [-0.15, -0.1) is 12.4 Å². The van der Waals surface area contributed by atoms with Crippen LogP contribution in [0, 0.1) is 5.92 Å². The smallest absolute Gasteiger partial charge is 0.262 e. The number of hydroxylamine groups is 1. The Hall–Kier alpha value is -2.24. The maximum atomic E-state index is 13.6. The molecule has 170 valence electrons. The number of rotatable bonds is 8. The van der Waals surface area contributed by atoms with Gasteiger partial charge in [-0.25, -0.2) is 13.9 Å². The van der Waals surface area contributed by atoms with E-state index in [-0.39, 0.29) is 29.8 Å². The summed E-state index contributed by atoms with van der Waals surface area (Å²) in [4.78, 5) is 16.7. The topological polar surface area (TPSA) is 118 Å². The Balaban J connectivity index is 0.00000341. The van der Waals surface area contributed by atoms with Crippen LogP contribution in [0.2, 0.25) is 0 Å². The second-order valence-electron chi connectivity index (χ2n) is 6.95. The highest BCUT2D eigenvalue weighted by Gasteiger charge is 2.41. The van der Waals surface area contributed by atoms with Gasteiger partial charge in [-0.1, -0.05) is 0 Å². The van der Waals surface area contributed by atoms with Gasteiger partial charge in [-0.3, -0.25) is 15.0 Å². The quantitative estimate of drug-likeness (QED) is 0.446. The number of halogens is 1. The molecule has 11 heteroatoms. The van der Waals surface area contributed by atoms with Gasteiger partial charge < -0.3 is 9.47 Å². The third-order valence-corrected chi connectivity index (χ3v) is 7.00. The lowest BCUT2D eigenvalue weighted by Crippen LogP contribution is -2.53. The van der Waals surface area contributed by atoms with Crippen molar-refractivity contribution in [3.63, 3.8) is 0 Å². The van der Waals surface area contributed by atoms with Crippen molar-refractivity contribution in [3.05, 3.63) is 54.4 Å². The van der Waals surface area contributed by atoms with E-state index in [1.165, 1.54) is 19.2 Å². The number of hydrogen-bond acceptors (Lipinski definition) is 7. The van der Waals surface area contributed by atoms with Crippen LogP contribution in [0.4, 0.5) is 0 Å². The van der Waals surface area contributed by atoms with Crippen molar-refractivity contribution in [1.82, 2.24) is 14.8 Å². The van der Waals surface area contributed by atoms with Crippen molar-refractivity contribution < 1.29 is 27.9 Å². The molecule has 1 aliphatic heterocycles. The third-order valence-electron chi connectivity index (χ3n) is 5.16. The minimum absolute atomic E-state index is 0. The van der Waals surface area contributed by atoms with Gasteiger partial charge in [-0.05, 0) is 60.7 Å². The Labute approximate surface area is 187 Å². The van der Waals surface area contributed by atoms with E-state index in [9.17, 15) is 18.4 Å². The zero-order valence-electron chi connectivity index (χ0n) is 17.0. The van der Waals surface area contributed by atoms with E-state index in [4.69, 9.17) is 9.47 Å². The first-order chi connectivity index (χ1) is 14.5. The lowest BCUT2D eigenvalue weighted by molar-refractivity contribution is -0.136. The van der Waals surface area contributed by atoms with Gasteiger partial charge >= 0.3 is 0 Å². The predicted octanol–water partition coefficient (Wildman–Crippen LogP) is 2.00. The SMILES string of the molecule is COc1ccc(S(=O)(=O)N(Cc2ccncc2)[C@@H](C(=O)NO)C2CCOCC2)cc1.Cl. The maximum Gasteiger partial charge on any atom is 0.262 e. The predicted molar refractivity (Wildman–Crippen MR) is 114 cm³/mol. The van der Waals surface area contributed by atoms with E-state index in [0.29, 0.717) is 37.4 Å². The minimum atomic E-state index is -4.08. The van der Waals surface area contributed by atoms with Crippen molar-refractivity contribution in [2.24, 2.45) is 5.92 Å². The monoisotopic (exact) mass is 471 g/mol. The number of aromatic nitrogens is 1. The molecule has 1 atom stereocenters. The van der Waals surface area contributed by atoms with E-state index in [1.807, 2.05) is 0 Å². The summed E-state index contributed by atoms with van der Waals surface area (Å²) in [7, 11) is -2.59. The van der Waals surface area contributed by atoms with E-state index in [0.717, 1.165) is 4.31 Å². The van der Waals surface area contributed by atoms with Crippen LogP contribution in [0.5, 0.6) is 5.75 Å². The van der Waals surface area contributed by atoms with Crippen molar-refractivity contribution in [1.29, 1.82) is 0 Å². The average Bonchev–Trinajstić information content (AvgIpc) is 2.80. The number of nitrogens with zero attached hydrogens (tertiary/aromatic N) is 2. The molecule has 0 spiro atoms. The van der Waals surface area contributed by atoms with E-state index in [1.54, 1.807) is 42.1 Å². The van der Waals surface area contributed by atoms with E-state index < -0.39 is 22.0 Å². The van der Waals surface area contributed by atoms with Gasteiger partial charge in [0, 0.05) is 32.2 Å². The van der Waals surface area contributed by atoms with Gasteiger partial charge in [0.1, 0.15) is 11.8 Å². The van der Waals surface area contributed by atoms with Crippen LogP contribution in [-0.2, 0) is 26.1 Å². The van der Waals surface area contributed by atoms with Gasteiger partial charge in [0.25, 0.3) is 5.91 Å². The molecule has 2 heterocycles. The Bertz CT molecular complexity index is 937. The molecule has 0 bridgehead atoms. The van der Waals surface area contributed by atoms with Gasteiger partial charge in [0.05, 0.1) is 12.0 Å². The summed E-state index contributed by atoms with van der Waals surface area (Å²) < 4.78 is 38.9. The Kier molecular flexibility index (Phi) is 9.20. The fraction of sp³-hybridized carbons (Fsp3) is 0.400. The Morgan fingerprint density at radius 1 is 1.23 bits per heavy atom. The summed E-state index contributed by atoms with van der Waals surface area (Å²) in [5.41, 5.74) is 2.32. The molecule has 0 radical (unpaired) electrons. The molecule has 2 N–H and O–H groups in total. The molecule has 9 nitrogen and oxygen atoms in total. The van der Waals surface area contributed by atoms with Gasteiger partial charge in [-0.2, -0.15) is 4.31 Å². The summed E-state index contributed by atoms with van der Waals surface area (Å²) in [5, 5.41) is 9.38. The van der Waals surface area contributed by atoms with Gasteiger partial charge in [0.2, 0.25) is 10.0 Å². The van der Waals surface area contributed by atoms with Crippen LogP contribution in [0.1, 0.15) is 18.4 Å². The van der Waals surface area contributed by atoms with Crippen molar-refractivity contribution >= 4 is 28.3 Å². The third kappa shape index (κ3) is 5.92. The number of hydrogen-bond donors (Lipinski definition) is 2. The Morgan fingerprint density at radius 2 is 1.84 bits per heavy atom. The molecule has 3 rings (SSSR count). The zero-order chi connectivity index (χ0) is 21.6. The number of benzene rings is 1. The lowest BCUT2D eigenvalue weighted by Gasteiger charge is -2.36. The van der Waals surface area contributed by atoms with Gasteiger partial charge in [0.15, 0.2) is 0 Å². The Morgan fingerprint density at radius 3 is 2.39 bits per heavy atom. The second kappa shape index (κ2) is 11.4. The molecule has 1 aromatic carbocycles. The molecular formula is C20H26ClN3O6S. The highest BCUT2D eigenvalue weighted by atomic mass is 35.5. The van der Waals surface area contributed by atoms with Crippen molar-refractivity contribution in [2.45, 2.75) is 30.3 Å². The normalized spacial score (nSPS) is 15.7. The summed E-state index contributed by atoms with van der Waals surface area (Å²) in [6, 6.07) is 8.25. The largest absolute Gasteiger partial charge is 0.497 e. The molecule has 0 unspecified atom stereocenters. The van der Waals surface area contributed by atoms with E-state index >= 15 is 0 Å². The van der Waals surface area contributed by atoms with Crippen molar-refractivity contribution in [3.8, 4) is 5.75 Å². The van der Waals surface area contributed by atoms with Crippen LogP contribution in [0.25, 0.3) is 0 Å². The molecule has 0 aliphatic carbocycles. The number of methoxy groups -OCH3 is 1. The van der Waals surface area contributed by atoms with Crippen LogP contribution in [0.15, 0.2) is 53.7 Å².